The van der Waals surface area contributed by atoms with Crippen molar-refractivity contribution < 1.29 is 24.3 Å². The Labute approximate surface area is 200 Å². The van der Waals surface area contributed by atoms with Crippen LogP contribution < -0.4 is 10.1 Å². The second-order valence-corrected chi connectivity index (χ2v) is 9.03. The van der Waals surface area contributed by atoms with E-state index in [2.05, 4.69) is 48.4 Å². The Bertz CT molecular complexity index is 1120. The van der Waals surface area contributed by atoms with Gasteiger partial charge in [0.2, 0.25) is 11.7 Å². The highest BCUT2D eigenvalue weighted by Gasteiger charge is 2.16. The van der Waals surface area contributed by atoms with E-state index in [1.165, 1.54) is 11.1 Å². The minimum absolute atomic E-state index is 0.000861. The quantitative estimate of drug-likeness (QED) is 0.418. The van der Waals surface area contributed by atoms with Crippen LogP contribution in [0.4, 0.5) is 0 Å². The average Bonchev–Trinajstić information content (AvgIpc) is 3.28. The van der Waals surface area contributed by atoms with Gasteiger partial charge >= 0.3 is 0 Å². The molecule has 0 bridgehead atoms. The van der Waals surface area contributed by atoms with Crippen molar-refractivity contribution >= 4 is 5.91 Å². The smallest absolute Gasteiger partial charge is 0.258 e. The summed E-state index contributed by atoms with van der Waals surface area (Å²) in [6.45, 7) is 9.71. The highest BCUT2D eigenvalue weighted by molar-refractivity contribution is 5.76. The first-order valence-corrected chi connectivity index (χ1v) is 11.4. The van der Waals surface area contributed by atoms with Gasteiger partial charge in [-0.1, -0.05) is 25.1 Å². The number of amides is 1. The van der Waals surface area contributed by atoms with E-state index in [1.54, 1.807) is 0 Å². The number of aryl methyl sites for hydroxylation is 3. The predicted octanol–water partition coefficient (Wildman–Crippen LogP) is 3.38. The molecule has 182 valence electrons. The largest absolute Gasteiger partial charge is 0.490 e. The number of nitrogens with one attached hydrogen (secondary N) is 1. The summed E-state index contributed by atoms with van der Waals surface area (Å²) in [5.74, 6) is 1.66. The molecule has 0 radical (unpaired) electrons. The molecule has 1 heterocycles. The summed E-state index contributed by atoms with van der Waals surface area (Å²) in [5, 5.41) is 25.3. The minimum atomic E-state index is -0.899. The van der Waals surface area contributed by atoms with Gasteiger partial charge in [0.15, 0.2) is 0 Å². The van der Waals surface area contributed by atoms with Crippen molar-refractivity contribution in [3.05, 3.63) is 52.6 Å². The first kappa shape index (κ1) is 25.4. The first-order valence-electron chi connectivity index (χ1n) is 11.4. The number of ether oxygens (including phenoxy) is 1. The first-order chi connectivity index (χ1) is 16.2. The van der Waals surface area contributed by atoms with E-state index in [0.29, 0.717) is 23.4 Å². The third kappa shape index (κ3) is 6.42. The lowest BCUT2D eigenvalue weighted by atomic mass is 9.97. The van der Waals surface area contributed by atoms with E-state index in [0.717, 1.165) is 28.7 Å². The fourth-order valence-corrected chi connectivity index (χ4v) is 3.79. The van der Waals surface area contributed by atoms with Crippen LogP contribution in [0.15, 0.2) is 34.9 Å². The monoisotopic (exact) mass is 467 g/mol. The van der Waals surface area contributed by atoms with Crippen LogP contribution in [0.2, 0.25) is 0 Å². The lowest BCUT2D eigenvalue weighted by molar-refractivity contribution is -0.124. The topological polar surface area (TPSA) is 118 Å². The highest BCUT2D eigenvalue weighted by Crippen LogP contribution is 2.31. The third-order valence-electron chi connectivity index (χ3n) is 5.46. The molecule has 3 rings (SSSR count). The van der Waals surface area contributed by atoms with Gasteiger partial charge in [-0.05, 0) is 79.6 Å². The zero-order valence-electron chi connectivity index (χ0n) is 20.4. The molecule has 3 aromatic rings. The second kappa shape index (κ2) is 11.3. The summed E-state index contributed by atoms with van der Waals surface area (Å²) in [7, 11) is 0. The number of hydrogen-bond donors (Lipinski definition) is 3. The van der Waals surface area contributed by atoms with Crippen LogP contribution in [0.3, 0.4) is 0 Å². The maximum atomic E-state index is 11.1. The molecule has 0 saturated heterocycles. The van der Waals surface area contributed by atoms with Crippen molar-refractivity contribution in [3.63, 3.8) is 0 Å². The predicted molar refractivity (Wildman–Crippen MR) is 130 cm³/mol. The molecule has 0 aliphatic carbocycles. The maximum absolute atomic E-state index is 11.1. The Morgan fingerprint density at radius 2 is 1.76 bits per heavy atom. The lowest BCUT2D eigenvalue weighted by Crippen LogP contribution is -2.36. The second-order valence-electron chi connectivity index (χ2n) is 9.03. The van der Waals surface area contributed by atoms with Crippen molar-refractivity contribution in [3.8, 4) is 28.6 Å². The summed E-state index contributed by atoms with van der Waals surface area (Å²) >= 11 is 0. The van der Waals surface area contributed by atoms with Crippen molar-refractivity contribution in [2.45, 2.75) is 47.1 Å². The van der Waals surface area contributed by atoms with E-state index in [1.807, 2.05) is 32.0 Å². The number of hydrogen-bond acceptors (Lipinski definition) is 7. The highest BCUT2D eigenvalue weighted by atomic mass is 16.5. The molecule has 0 aliphatic rings. The number of aliphatic hydroxyl groups excluding tert-OH is 2. The number of carbonyl (C=O) groups excluding carboxylic acids is 1. The molecular formula is C26H33N3O5. The Morgan fingerprint density at radius 1 is 1.09 bits per heavy atom. The maximum Gasteiger partial charge on any atom is 0.258 e. The average molecular weight is 468 g/mol. The van der Waals surface area contributed by atoms with Crippen LogP contribution in [0.25, 0.3) is 22.8 Å². The number of rotatable bonds is 10. The number of benzene rings is 2. The van der Waals surface area contributed by atoms with E-state index in [4.69, 9.17) is 14.4 Å². The number of nitrogens with zero attached hydrogens (tertiary/aromatic N) is 2. The standard InChI is InChI=1S/C26H33N3O5/c1-15(2)8-19-6-7-20(9-16(19)3)26-28-25(29-34-26)21-10-17(4)24(18(5)11-21)33-14-22(31)12-27-23(32)13-30/h6-7,9-11,15,22,30-31H,8,12-14H2,1-5H3,(H,27,32)/t22-/m0/s1. The third-order valence-corrected chi connectivity index (χ3v) is 5.46. The van der Waals surface area contributed by atoms with Gasteiger partial charge in [0.25, 0.3) is 5.89 Å². The van der Waals surface area contributed by atoms with Crippen LogP contribution in [-0.2, 0) is 11.2 Å². The molecule has 0 unspecified atom stereocenters. The van der Waals surface area contributed by atoms with Crippen LogP contribution in [0, 0.1) is 26.7 Å². The summed E-state index contributed by atoms with van der Waals surface area (Å²) in [6, 6.07) is 10.0. The molecule has 0 saturated carbocycles. The molecule has 34 heavy (non-hydrogen) atoms. The normalized spacial score (nSPS) is 12.1. The van der Waals surface area contributed by atoms with Crippen LogP contribution in [-0.4, -0.2) is 52.1 Å². The van der Waals surface area contributed by atoms with Crippen LogP contribution in [0.5, 0.6) is 5.75 Å². The lowest BCUT2D eigenvalue weighted by Gasteiger charge is -2.16. The molecule has 1 aromatic heterocycles. The van der Waals surface area contributed by atoms with Gasteiger partial charge in [-0.3, -0.25) is 4.79 Å². The molecule has 1 amide bonds. The van der Waals surface area contributed by atoms with Crippen LogP contribution in [0.1, 0.15) is 36.1 Å². The Hall–Kier alpha value is -3.23. The molecule has 0 fully saturated rings. The Morgan fingerprint density at radius 3 is 2.38 bits per heavy atom. The molecule has 0 spiro atoms. The van der Waals surface area contributed by atoms with Gasteiger partial charge in [-0.15, -0.1) is 0 Å². The molecule has 0 aliphatic heterocycles. The molecular weight excluding hydrogens is 434 g/mol. The molecule has 8 heteroatoms. The van der Waals surface area contributed by atoms with E-state index >= 15 is 0 Å². The van der Waals surface area contributed by atoms with Gasteiger partial charge in [0.1, 0.15) is 25.1 Å². The SMILES string of the molecule is Cc1cc(-c2nc(-c3cc(C)c(OC[C@@H](O)CNC(=O)CO)c(C)c3)no2)ccc1CC(C)C. The van der Waals surface area contributed by atoms with Crippen molar-refractivity contribution in [1.29, 1.82) is 0 Å². The fraction of sp³-hybridized carbons (Fsp3) is 0.423. The zero-order valence-corrected chi connectivity index (χ0v) is 20.4. The molecule has 1 atom stereocenters. The summed E-state index contributed by atoms with van der Waals surface area (Å²) in [4.78, 5) is 15.7. The number of carbonyl (C=O) groups is 1. The van der Waals surface area contributed by atoms with Gasteiger partial charge < -0.3 is 24.8 Å². The van der Waals surface area contributed by atoms with E-state index in [-0.39, 0.29) is 13.2 Å². The van der Waals surface area contributed by atoms with E-state index in [9.17, 15) is 9.90 Å². The molecule has 2 aromatic carbocycles. The van der Waals surface area contributed by atoms with Gasteiger partial charge in [-0.25, -0.2) is 0 Å². The van der Waals surface area contributed by atoms with Gasteiger partial charge in [0.05, 0.1) is 0 Å². The number of aromatic nitrogens is 2. The summed E-state index contributed by atoms with van der Waals surface area (Å²) in [6.07, 6.45) is 0.131. The summed E-state index contributed by atoms with van der Waals surface area (Å²) < 4.78 is 11.3. The molecule has 8 nitrogen and oxygen atoms in total. The van der Waals surface area contributed by atoms with Gasteiger partial charge in [0, 0.05) is 17.7 Å². The van der Waals surface area contributed by atoms with Gasteiger partial charge in [-0.2, -0.15) is 4.98 Å². The van der Waals surface area contributed by atoms with Crippen molar-refractivity contribution in [1.82, 2.24) is 15.5 Å². The number of aliphatic hydroxyl groups is 2. The minimum Gasteiger partial charge on any atom is -0.490 e. The van der Waals surface area contributed by atoms with Crippen LogP contribution >= 0.6 is 0 Å². The fourth-order valence-electron chi connectivity index (χ4n) is 3.79. The molecule has 3 N–H and O–H groups in total. The summed E-state index contributed by atoms with van der Waals surface area (Å²) in [5.41, 5.74) is 5.95. The Kier molecular flexibility index (Phi) is 8.41. The zero-order chi connectivity index (χ0) is 24.8. The van der Waals surface area contributed by atoms with Crippen molar-refractivity contribution in [2.24, 2.45) is 5.92 Å². The van der Waals surface area contributed by atoms with E-state index < -0.39 is 18.6 Å². The van der Waals surface area contributed by atoms with Crippen molar-refractivity contribution in [2.75, 3.05) is 19.8 Å². The Balaban J connectivity index is 1.72.